The summed E-state index contributed by atoms with van der Waals surface area (Å²) >= 11 is 0. The van der Waals surface area contributed by atoms with Gasteiger partial charge in [0.15, 0.2) is 34.9 Å². The minimum atomic E-state index is 0.554. The Bertz CT molecular complexity index is 3190. The largest absolute Gasteiger partial charge is 0.456 e. The van der Waals surface area contributed by atoms with Gasteiger partial charge in [-0.1, -0.05) is 127 Å². The monoisotopic (exact) mass is 720 g/mol. The van der Waals surface area contributed by atoms with Crippen molar-refractivity contribution in [1.29, 1.82) is 0 Å². The van der Waals surface area contributed by atoms with Crippen molar-refractivity contribution < 1.29 is 8.83 Å². The fourth-order valence-corrected chi connectivity index (χ4v) is 7.30. The summed E-state index contributed by atoms with van der Waals surface area (Å²) in [5.74, 6) is 3.47. The third-order valence-corrected chi connectivity index (χ3v) is 10.00. The van der Waals surface area contributed by atoms with E-state index in [9.17, 15) is 0 Å². The lowest BCUT2D eigenvalue weighted by atomic mass is 10.0. The van der Waals surface area contributed by atoms with Crippen LogP contribution < -0.4 is 0 Å². The van der Waals surface area contributed by atoms with Crippen molar-refractivity contribution in [2.24, 2.45) is 0 Å². The van der Waals surface area contributed by atoms with Crippen molar-refractivity contribution >= 4 is 43.9 Å². The average Bonchev–Trinajstić information content (AvgIpc) is 3.85. The van der Waals surface area contributed by atoms with Crippen molar-refractivity contribution in [2.45, 2.75) is 0 Å². The van der Waals surface area contributed by atoms with E-state index in [4.69, 9.17) is 38.7 Å². The zero-order valence-electron chi connectivity index (χ0n) is 29.7. The summed E-state index contributed by atoms with van der Waals surface area (Å²) in [6, 6.07) is 56.1. The molecule has 0 aliphatic rings. The smallest absolute Gasteiger partial charge is 0.164 e. The molecule has 0 unspecified atom stereocenters. The first-order valence-electron chi connectivity index (χ1n) is 18.3. The molecule has 0 N–H and O–H groups in total. The Morgan fingerprint density at radius 3 is 1.36 bits per heavy atom. The SMILES string of the molecule is c1ccc(-c2nc(-c3ccccc3)nc(-c3ccc4c(c3)oc3ccc(-c5nc(-c6ccccc6)nc(-c6cccc7oc8ccccc8c67)n5)cc34)n2)cc1. The van der Waals surface area contributed by atoms with Gasteiger partial charge >= 0.3 is 0 Å². The summed E-state index contributed by atoms with van der Waals surface area (Å²) in [7, 11) is 0. The molecule has 0 spiro atoms. The van der Waals surface area contributed by atoms with Crippen molar-refractivity contribution in [3.63, 3.8) is 0 Å². The first-order valence-corrected chi connectivity index (χ1v) is 18.3. The van der Waals surface area contributed by atoms with E-state index in [1.54, 1.807) is 0 Å². The molecular formula is C48H28N6O2. The second-order valence-corrected chi connectivity index (χ2v) is 13.5. The van der Waals surface area contributed by atoms with Crippen LogP contribution in [0.5, 0.6) is 0 Å². The van der Waals surface area contributed by atoms with Crippen LogP contribution in [-0.2, 0) is 0 Å². The molecule has 0 saturated carbocycles. The van der Waals surface area contributed by atoms with E-state index < -0.39 is 0 Å². The van der Waals surface area contributed by atoms with Gasteiger partial charge in [-0.2, -0.15) is 0 Å². The number of fused-ring (bicyclic) bond motifs is 6. The number of benzene rings is 7. The minimum Gasteiger partial charge on any atom is -0.456 e. The lowest BCUT2D eigenvalue weighted by Crippen LogP contribution is -2.00. The highest BCUT2D eigenvalue weighted by Crippen LogP contribution is 2.38. The highest BCUT2D eigenvalue weighted by Gasteiger charge is 2.19. The van der Waals surface area contributed by atoms with Crippen LogP contribution in [0.2, 0.25) is 0 Å². The zero-order valence-corrected chi connectivity index (χ0v) is 29.7. The maximum absolute atomic E-state index is 6.47. The van der Waals surface area contributed by atoms with Crippen molar-refractivity contribution in [1.82, 2.24) is 29.9 Å². The molecule has 8 nitrogen and oxygen atoms in total. The molecule has 0 aliphatic heterocycles. The standard InChI is InChI=1S/C48H28N6O2/c1-4-13-29(14-5-1)43-49-44(30-15-6-2-7-16-30)51-47(50-43)33-23-25-34-37-27-32(24-26-39(37)56-41(34)28-33)46-52-45(31-17-8-3-9-18-31)53-48(54-46)36-20-12-22-40-42(36)35-19-10-11-21-38(35)55-40/h1-28H. The molecule has 0 aliphatic carbocycles. The molecule has 11 aromatic rings. The van der Waals surface area contributed by atoms with E-state index in [0.29, 0.717) is 34.9 Å². The van der Waals surface area contributed by atoms with Crippen LogP contribution in [0.1, 0.15) is 0 Å². The lowest BCUT2D eigenvalue weighted by molar-refractivity contribution is 0.668. The minimum absolute atomic E-state index is 0.554. The molecule has 11 rings (SSSR count). The molecule has 0 fully saturated rings. The Morgan fingerprint density at radius 2 is 0.732 bits per heavy atom. The second-order valence-electron chi connectivity index (χ2n) is 13.5. The summed E-state index contributed by atoms with van der Waals surface area (Å²) in [5.41, 5.74) is 8.33. The van der Waals surface area contributed by atoms with Gasteiger partial charge in [0.2, 0.25) is 0 Å². The molecule has 0 atom stereocenters. The van der Waals surface area contributed by atoms with Gasteiger partial charge in [-0.3, -0.25) is 0 Å². The summed E-state index contributed by atoms with van der Waals surface area (Å²) in [5, 5.41) is 3.88. The van der Waals surface area contributed by atoms with E-state index in [0.717, 1.165) is 77.3 Å². The van der Waals surface area contributed by atoms with E-state index in [-0.39, 0.29) is 0 Å². The fraction of sp³-hybridized carbons (Fsp3) is 0. The molecule has 0 amide bonds. The Balaban J connectivity index is 1.04. The van der Waals surface area contributed by atoms with Gasteiger partial charge in [-0.05, 0) is 42.5 Å². The van der Waals surface area contributed by atoms with Crippen LogP contribution in [0.15, 0.2) is 179 Å². The Labute approximate surface area is 319 Å². The van der Waals surface area contributed by atoms with Gasteiger partial charge in [0.1, 0.15) is 22.3 Å². The Kier molecular flexibility index (Phi) is 7.31. The van der Waals surface area contributed by atoms with E-state index >= 15 is 0 Å². The topological polar surface area (TPSA) is 104 Å². The molecule has 0 radical (unpaired) electrons. The molecule has 262 valence electrons. The van der Waals surface area contributed by atoms with Crippen LogP contribution in [0.3, 0.4) is 0 Å². The first kappa shape index (κ1) is 31.7. The van der Waals surface area contributed by atoms with Crippen molar-refractivity contribution in [3.8, 4) is 68.3 Å². The number of hydrogen-bond donors (Lipinski definition) is 0. The lowest BCUT2D eigenvalue weighted by Gasteiger charge is -2.09. The maximum Gasteiger partial charge on any atom is 0.164 e. The third kappa shape index (κ3) is 5.47. The van der Waals surface area contributed by atoms with Crippen molar-refractivity contribution in [3.05, 3.63) is 170 Å². The first-order chi connectivity index (χ1) is 27.7. The average molecular weight is 721 g/mol. The zero-order chi connectivity index (χ0) is 37.0. The summed E-state index contributed by atoms with van der Waals surface area (Å²) in [6.07, 6.45) is 0. The van der Waals surface area contributed by atoms with Gasteiger partial charge in [-0.25, -0.2) is 29.9 Å². The van der Waals surface area contributed by atoms with Crippen LogP contribution >= 0.6 is 0 Å². The highest BCUT2D eigenvalue weighted by molar-refractivity contribution is 6.12. The third-order valence-electron chi connectivity index (χ3n) is 10.00. The molecular weight excluding hydrogens is 693 g/mol. The van der Waals surface area contributed by atoms with Gasteiger partial charge < -0.3 is 8.83 Å². The second kappa shape index (κ2) is 12.9. The summed E-state index contributed by atoms with van der Waals surface area (Å²) in [4.78, 5) is 29.8. The van der Waals surface area contributed by atoms with Crippen LogP contribution in [0.4, 0.5) is 0 Å². The molecule has 56 heavy (non-hydrogen) atoms. The van der Waals surface area contributed by atoms with Crippen molar-refractivity contribution in [2.75, 3.05) is 0 Å². The predicted octanol–water partition coefficient (Wildman–Crippen LogP) is 11.9. The quantitative estimate of drug-likeness (QED) is 0.167. The van der Waals surface area contributed by atoms with E-state index in [2.05, 4.69) is 18.2 Å². The Morgan fingerprint density at radius 1 is 0.268 bits per heavy atom. The van der Waals surface area contributed by atoms with Gasteiger partial charge in [0.05, 0.1) is 0 Å². The predicted molar refractivity (Wildman–Crippen MR) is 220 cm³/mol. The van der Waals surface area contributed by atoms with E-state index in [1.165, 1.54) is 0 Å². The van der Waals surface area contributed by atoms with Crippen LogP contribution in [0.25, 0.3) is 112 Å². The number of rotatable bonds is 6. The summed E-state index contributed by atoms with van der Waals surface area (Å²) < 4.78 is 12.7. The van der Waals surface area contributed by atoms with Gasteiger partial charge in [0, 0.05) is 54.9 Å². The highest BCUT2D eigenvalue weighted by atomic mass is 16.3. The normalized spacial score (nSPS) is 11.6. The number of furan rings is 2. The Hall–Kier alpha value is -7.84. The maximum atomic E-state index is 6.47. The molecule has 4 aromatic heterocycles. The molecule has 0 saturated heterocycles. The fourth-order valence-electron chi connectivity index (χ4n) is 7.30. The van der Waals surface area contributed by atoms with Crippen LogP contribution in [-0.4, -0.2) is 29.9 Å². The number of hydrogen-bond acceptors (Lipinski definition) is 8. The van der Waals surface area contributed by atoms with Gasteiger partial charge in [0.25, 0.3) is 0 Å². The number of aromatic nitrogens is 6. The number of nitrogens with zero attached hydrogens (tertiary/aromatic N) is 6. The summed E-state index contributed by atoms with van der Waals surface area (Å²) in [6.45, 7) is 0. The van der Waals surface area contributed by atoms with E-state index in [1.807, 2.05) is 152 Å². The van der Waals surface area contributed by atoms with Gasteiger partial charge in [-0.15, -0.1) is 0 Å². The molecule has 0 bridgehead atoms. The molecule has 4 heterocycles. The molecule has 7 aromatic carbocycles. The van der Waals surface area contributed by atoms with Crippen LogP contribution in [0, 0.1) is 0 Å². The molecule has 8 heteroatoms. The number of para-hydroxylation sites is 1.